The molecule has 0 spiro atoms. The number of fused-ring (bicyclic) bond motifs is 4. The van der Waals surface area contributed by atoms with Crippen LogP contribution in [0.1, 0.15) is 50.1 Å². The molecule has 0 amide bonds. The van der Waals surface area contributed by atoms with Crippen molar-refractivity contribution < 1.29 is 4.42 Å². The smallest absolute Gasteiger partial charge is 0.274 e. The maximum Gasteiger partial charge on any atom is 0.274 e. The fourth-order valence-electron chi connectivity index (χ4n) is 5.28. The highest BCUT2D eigenvalue weighted by Crippen LogP contribution is 2.39. The lowest BCUT2D eigenvalue weighted by atomic mass is 10.0. The van der Waals surface area contributed by atoms with Crippen LogP contribution in [-0.2, 0) is 0 Å². The molecule has 1 fully saturated rings. The summed E-state index contributed by atoms with van der Waals surface area (Å²) in [6, 6.07) is 6.84. The van der Waals surface area contributed by atoms with Crippen molar-refractivity contribution >= 4 is 33.1 Å². The van der Waals surface area contributed by atoms with Crippen LogP contribution in [0.3, 0.4) is 0 Å². The van der Waals surface area contributed by atoms with E-state index in [1.54, 1.807) is 31.3 Å². The van der Waals surface area contributed by atoms with Gasteiger partial charge in [-0.25, -0.2) is 0 Å². The number of hydrogen-bond acceptors (Lipinski definition) is 4. The fourth-order valence-corrected chi connectivity index (χ4v) is 5.28. The summed E-state index contributed by atoms with van der Waals surface area (Å²) in [7, 11) is 0. The van der Waals surface area contributed by atoms with Gasteiger partial charge < -0.3 is 14.4 Å². The average Bonchev–Trinajstić information content (AvgIpc) is 3.20. The number of hydrogen-bond donors (Lipinski definition) is 3. The maximum atomic E-state index is 13.3. The minimum Gasteiger partial charge on any atom is -0.453 e. The van der Waals surface area contributed by atoms with E-state index in [1.165, 1.54) is 18.9 Å². The van der Waals surface area contributed by atoms with E-state index >= 15 is 0 Å². The normalized spacial score (nSPS) is 15.5. The van der Waals surface area contributed by atoms with Crippen molar-refractivity contribution in [2.45, 2.75) is 51.5 Å². The van der Waals surface area contributed by atoms with E-state index in [0.29, 0.717) is 44.4 Å². The lowest BCUT2D eigenvalue weighted by Gasteiger charge is -2.17. The molecule has 168 valence electrons. The molecule has 8 heteroatoms. The number of benzene rings is 1. The summed E-state index contributed by atoms with van der Waals surface area (Å²) in [6.07, 6.45) is 8.14. The second-order valence-electron chi connectivity index (χ2n) is 8.96. The van der Waals surface area contributed by atoms with Gasteiger partial charge in [-0.3, -0.25) is 24.2 Å². The molecule has 0 radical (unpaired) electrons. The van der Waals surface area contributed by atoms with Crippen LogP contribution >= 0.6 is 0 Å². The van der Waals surface area contributed by atoms with E-state index in [9.17, 15) is 14.4 Å². The van der Waals surface area contributed by atoms with E-state index in [1.807, 2.05) is 4.68 Å². The van der Waals surface area contributed by atoms with Crippen molar-refractivity contribution in [3.8, 4) is 11.1 Å². The number of aryl methyl sites for hydroxylation is 1. The number of furan rings is 1. The first-order chi connectivity index (χ1) is 16.0. The highest BCUT2D eigenvalue weighted by molar-refractivity contribution is 6.14. The van der Waals surface area contributed by atoms with Gasteiger partial charge in [0.1, 0.15) is 11.2 Å². The molecule has 1 aliphatic carbocycles. The predicted molar refractivity (Wildman–Crippen MR) is 128 cm³/mol. The van der Waals surface area contributed by atoms with Crippen molar-refractivity contribution in [3.63, 3.8) is 0 Å². The van der Waals surface area contributed by atoms with Crippen LogP contribution < -0.4 is 16.5 Å². The molecule has 3 N–H and O–H groups in total. The number of pyridine rings is 2. The van der Waals surface area contributed by atoms with Crippen molar-refractivity contribution in [1.29, 1.82) is 0 Å². The van der Waals surface area contributed by atoms with Gasteiger partial charge in [0.25, 0.3) is 11.1 Å². The van der Waals surface area contributed by atoms with E-state index in [0.717, 1.165) is 31.1 Å². The molecular formula is C25H24N4O4. The van der Waals surface area contributed by atoms with Gasteiger partial charge in [0.15, 0.2) is 11.0 Å². The molecular weight excluding hydrogens is 420 g/mol. The first-order valence-corrected chi connectivity index (χ1v) is 11.4. The van der Waals surface area contributed by atoms with Gasteiger partial charge in [-0.1, -0.05) is 25.7 Å². The maximum absolute atomic E-state index is 13.3. The quantitative estimate of drug-likeness (QED) is 0.348. The zero-order valence-electron chi connectivity index (χ0n) is 18.3. The Labute approximate surface area is 187 Å². The largest absolute Gasteiger partial charge is 0.453 e. The molecule has 0 aliphatic heterocycles. The SMILES string of the molecule is Cc1c(=O)ccc2c1oc1c(-c3ccc[nH]c3=O)c3c(=O)[nH]n(C4CCCCCC4)c3[nH]c12. The van der Waals surface area contributed by atoms with Crippen LogP contribution in [-0.4, -0.2) is 19.7 Å². The minimum absolute atomic E-state index is 0.119. The molecule has 1 saturated carbocycles. The number of aromatic nitrogens is 4. The van der Waals surface area contributed by atoms with Crippen LogP contribution in [0, 0.1) is 6.92 Å². The second-order valence-corrected chi connectivity index (χ2v) is 8.96. The zero-order valence-corrected chi connectivity index (χ0v) is 18.3. The topological polar surface area (TPSA) is 117 Å². The number of aromatic amines is 3. The summed E-state index contributed by atoms with van der Waals surface area (Å²) in [5.74, 6) is 0. The van der Waals surface area contributed by atoms with Gasteiger partial charge in [-0.15, -0.1) is 0 Å². The van der Waals surface area contributed by atoms with Gasteiger partial charge >= 0.3 is 0 Å². The molecule has 1 aromatic carbocycles. The third-order valence-corrected chi connectivity index (χ3v) is 6.98. The summed E-state index contributed by atoms with van der Waals surface area (Å²) in [6.45, 7) is 1.72. The van der Waals surface area contributed by atoms with E-state index in [2.05, 4.69) is 15.1 Å². The molecule has 1 aliphatic rings. The summed E-state index contributed by atoms with van der Waals surface area (Å²) in [5, 5.41) is 4.18. The third kappa shape index (κ3) is 2.93. The Hall–Kier alpha value is -3.81. The Morgan fingerprint density at radius 1 is 0.970 bits per heavy atom. The Balaban J connectivity index is 1.80. The Morgan fingerprint density at radius 2 is 1.76 bits per heavy atom. The molecule has 0 saturated heterocycles. The minimum atomic E-state index is -0.311. The van der Waals surface area contributed by atoms with Gasteiger partial charge in [-0.2, -0.15) is 0 Å². The molecule has 4 heterocycles. The fraction of sp³-hybridized carbons (Fsp3) is 0.320. The van der Waals surface area contributed by atoms with Gasteiger partial charge in [0.2, 0.25) is 0 Å². The third-order valence-electron chi connectivity index (χ3n) is 6.98. The molecule has 33 heavy (non-hydrogen) atoms. The summed E-state index contributed by atoms with van der Waals surface area (Å²) >= 11 is 0. The van der Waals surface area contributed by atoms with Crippen LogP contribution in [0.15, 0.2) is 49.3 Å². The summed E-state index contributed by atoms with van der Waals surface area (Å²) in [4.78, 5) is 44.6. The van der Waals surface area contributed by atoms with Crippen LogP contribution in [0.4, 0.5) is 0 Å². The van der Waals surface area contributed by atoms with Gasteiger partial charge in [0.05, 0.1) is 22.5 Å². The average molecular weight is 444 g/mol. The van der Waals surface area contributed by atoms with E-state index < -0.39 is 0 Å². The van der Waals surface area contributed by atoms with Gasteiger partial charge in [-0.05, 0) is 44.0 Å². The van der Waals surface area contributed by atoms with Gasteiger partial charge in [0, 0.05) is 22.7 Å². The summed E-state index contributed by atoms with van der Waals surface area (Å²) in [5.41, 5.74) is 2.76. The van der Waals surface area contributed by atoms with E-state index in [-0.39, 0.29) is 22.6 Å². The van der Waals surface area contributed by atoms with Crippen molar-refractivity contribution in [3.05, 3.63) is 67.0 Å². The molecule has 5 aromatic rings. The van der Waals surface area contributed by atoms with Crippen LogP contribution in [0.2, 0.25) is 0 Å². The predicted octanol–water partition coefficient (Wildman–Crippen LogP) is 4.48. The Kier molecular flexibility index (Phi) is 4.43. The highest BCUT2D eigenvalue weighted by Gasteiger charge is 2.26. The first kappa shape index (κ1) is 19.8. The Bertz CT molecular complexity index is 1700. The monoisotopic (exact) mass is 444 g/mol. The molecule has 6 rings (SSSR count). The Morgan fingerprint density at radius 3 is 2.52 bits per heavy atom. The van der Waals surface area contributed by atoms with Crippen LogP contribution in [0.25, 0.3) is 44.2 Å². The lowest BCUT2D eigenvalue weighted by Crippen LogP contribution is -2.13. The van der Waals surface area contributed by atoms with E-state index in [4.69, 9.17) is 4.42 Å². The number of nitrogens with one attached hydrogen (secondary N) is 3. The first-order valence-electron chi connectivity index (χ1n) is 11.4. The molecule has 4 aromatic heterocycles. The molecule has 8 nitrogen and oxygen atoms in total. The molecule has 0 unspecified atom stereocenters. The van der Waals surface area contributed by atoms with Crippen molar-refractivity contribution in [2.75, 3.05) is 0 Å². The highest BCUT2D eigenvalue weighted by atomic mass is 16.3. The second kappa shape index (κ2) is 7.37. The number of rotatable bonds is 2. The van der Waals surface area contributed by atoms with Crippen molar-refractivity contribution in [2.24, 2.45) is 0 Å². The molecule has 0 bridgehead atoms. The number of nitrogens with zero attached hydrogens (tertiary/aromatic N) is 1. The zero-order chi connectivity index (χ0) is 22.7. The number of H-pyrrole nitrogens is 3. The van der Waals surface area contributed by atoms with Crippen LogP contribution in [0.5, 0.6) is 0 Å². The lowest BCUT2D eigenvalue weighted by molar-refractivity contribution is 0.413. The van der Waals surface area contributed by atoms with Crippen molar-refractivity contribution in [1.82, 2.24) is 19.7 Å². The summed E-state index contributed by atoms with van der Waals surface area (Å²) < 4.78 is 8.14. The molecule has 0 atom stereocenters. The standard InChI is InChI=1S/C25H24N4O4/c1-13-17(30)11-10-16-20-22(33-21(13)16)18(15-9-6-12-26-24(15)31)19-23(27-20)29(28-25(19)32)14-7-4-2-3-5-8-14/h6,9-12,14,27H,2-5,7-8H2,1H3,(H,26,31)(H,28,32).